The summed E-state index contributed by atoms with van der Waals surface area (Å²) in [6, 6.07) is 10.2. The molecule has 4 rings (SSSR count). The molecule has 0 radical (unpaired) electrons. The third kappa shape index (κ3) is 1.45. The van der Waals surface area contributed by atoms with Crippen molar-refractivity contribution in [1.82, 2.24) is 0 Å². The van der Waals surface area contributed by atoms with Gasteiger partial charge in [0.25, 0.3) is 0 Å². The minimum atomic E-state index is 0.729. The average molecular weight is 226 g/mol. The highest BCUT2D eigenvalue weighted by Gasteiger charge is 2.50. The summed E-state index contributed by atoms with van der Waals surface area (Å²) in [4.78, 5) is 0. The molecule has 4 unspecified atom stereocenters. The summed E-state index contributed by atoms with van der Waals surface area (Å²) in [6.45, 7) is 0. The van der Waals surface area contributed by atoms with Crippen LogP contribution < -0.4 is 4.74 Å². The van der Waals surface area contributed by atoms with Crippen LogP contribution in [-0.4, -0.2) is 0 Å². The van der Waals surface area contributed by atoms with Gasteiger partial charge in [-0.05, 0) is 55.2 Å². The van der Waals surface area contributed by atoms with Gasteiger partial charge in [-0.2, -0.15) is 0 Å². The Morgan fingerprint density at radius 1 is 1.00 bits per heavy atom. The van der Waals surface area contributed by atoms with Crippen LogP contribution in [0.1, 0.15) is 25.7 Å². The molecule has 0 saturated heterocycles. The molecule has 0 spiro atoms. The minimum Gasteiger partial charge on any atom is -0.462 e. The van der Waals surface area contributed by atoms with E-state index in [1.54, 1.807) is 0 Å². The first-order valence-corrected chi connectivity index (χ1v) is 6.86. The van der Waals surface area contributed by atoms with Crippen molar-refractivity contribution in [3.05, 3.63) is 42.2 Å². The second kappa shape index (κ2) is 3.63. The van der Waals surface area contributed by atoms with E-state index in [1.165, 1.54) is 31.4 Å². The molecule has 3 aliphatic carbocycles. The van der Waals surface area contributed by atoms with Gasteiger partial charge in [-0.25, -0.2) is 0 Å². The summed E-state index contributed by atoms with van der Waals surface area (Å²) in [5, 5.41) is 0. The Kier molecular flexibility index (Phi) is 2.08. The monoisotopic (exact) mass is 226 g/mol. The molecule has 0 amide bonds. The third-order valence-corrected chi connectivity index (χ3v) is 4.94. The Balaban J connectivity index is 1.57. The van der Waals surface area contributed by atoms with E-state index in [1.807, 2.05) is 18.2 Å². The highest BCUT2D eigenvalue weighted by Crippen LogP contribution is 2.58. The maximum atomic E-state index is 6.08. The molecule has 2 saturated carbocycles. The first-order chi connectivity index (χ1) is 8.42. The normalized spacial score (nSPS) is 38.0. The van der Waals surface area contributed by atoms with Crippen molar-refractivity contribution < 1.29 is 4.74 Å². The minimum absolute atomic E-state index is 0.729. The Morgan fingerprint density at radius 3 is 2.71 bits per heavy atom. The van der Waals surface area contributed by atoms with E-state index in [2.05, 4.69) is 18.2 Å². The van der Waals surface area contributed by atoms with E-state index in [0.717, 1.165) is 29.4 Å². The van der Waals surface area contributed by atoms with Crippen LogP contribution in [0.5, 0.6) is 5.75 Å². The maximum absolute atomic E-state index is 6.08. The van der Waals surface area contributed by atoms with E-state index in [0.29, 0.717) is 0 Å². The SMILES string of the molecule is C1=C(Oc2ccccc2)C2CC1C1CCCC21. The molecule has 2 fully saturated rings. The van der Waals surface area contributed by atoms with Gasteiger partial charge in [-0.1, -0.05) is 24.6 Å². The highest BCUT2D eigenvalue weighted by molar-refractivity contribution is 5.28. The summed E-state index contributed by atoms with van der Waals surface area (Å²) in [6.07, 6.45) is 8.11. The summed E-state index contributed by atoms with van der Waals surface area (Å²) in [5.41, 5.74) is 0. The molecule has 1 heteroatoms. The third-order valence-electron chi connectivity index (χ3n) is 4.94. The Bertz CT molecular complexity index is 448. The molecule has 17 heavy (non-hydrogen) atoms. The van der Waals surface area contributed by atoms with E-state index in [-0.39, 0.29) is 0 Å². The lowest BCUT2D eigenvalue weighted by atomic mass is 9.85. The lowest BCUT2D eigenvalue weighted by molar-refractivity contribution is 0.272. The average Bonchev–Trinajstić information content (AvgIpc) is 3.01. The van der Waals surface area contributed by atoms with Crippen LogP contribution in [0.2, 0.25) is 0 Å². The molecular formula is C16H18O. The van der Waals surface area contributed by atoms with Gasteiger partial charge in [0.05, 0.1) is 0 Å². The van der Waals surface area contributed by atoms with Crippen molar-refractivity contribution in [2.75, 3.05) is 0 Å². The van der Waals surface area contributed by atoms with Gasteiger partial charge in [-0.3, -0.25) is 0 Å². The van der Waals surface area contributed by atoms with Crippen LogP contribution >= 0.6 is 0 Å². The molecule has 0 aromatic heterocycles. The Morgan fingerprint density at radius 2 is 1.82 bits per heavy atom. The zero-order valence-electron chi connectivity index (χ0n) is 10.0. The lowest BCUT2D eigenvalue weighted by Gasteiger charge is -2.25. The highest BCUT2D eigenvalue weighted by atomic mass is 16.5. The molecule has 0 aliphatic heterocycles. The van der Waals surface area contributed by atoms with Gasteiger partial charge < -0.3 is 4.74 Å². The summed E-state index contributed by atoms with van der Waals surface area (Å²) >= 11 is 0. The maximum Gasteiger partial charge on any atom is 0.126 e. The summed E-state index contributed by atoms with van der Waals surface area (Å²) < 4.78 is 6.08. The number of allylic oxidation sites excluding steroid dienone is 2. The van der Waals surface area contributed by atoms with Gasteiger partial charge in [0.1, 0.15) is 11.5 Å². The Hall–Kier alpha value is -1.24. The fraction of sp³-hybridized carbons (Fsp3) is 0.500. The fourth-order valence-corrected chi connectivity index (χ4v) is 4.28. The predicted molar refractivity (Wildman–Crippen MR) is 67.6 cm³/mol. The zero-order chi connectivity index (χ0) is 11.2. The van der Waals surface area contributed by atoms with E-state index in [9.17, 15) is 0 Å². The van der Waals surface area contributed by atoms with Gasteiger partial charge in [0.15, 0.2) is 0 Å². The van der Waals surface area contributed by atoms with E-state index >= 15 is 0 Å². The van der Waals surface area contributed by atoms with E-state index in [4.69, 9.17) is 4.74 Å². The Labute approximate surface area is 102 Å². The van der Waals surface area contributed by atoms with Crippen LogP contribution in [0.3, 0.4) is 0 Å². The second-order valence-corrected chi connectivity index (χ2v) is 5.75. The number of ether oxygens (including phenoxy) is 1. The molecule has 0 N–H and O–H groups in total. The molecule has 2 bridgehead atoms. The first kappa shape index (κ1) is 9.76. The number of rotatable bonds is 2. The van der Waals surface area contributed by atoms with Gasteiger partial charge in [-0.15, -0.1) is 0 Å². The standard InChI is InChI=1S/C16H18O/c1-2-5-12(6-3-1)17-16-10-11-9-15(16)14-8-4-7-13(11)14/h1-3,5-6,10-11,13-15H,4,7-9H2. The van der Waals surface area contributed by atoms with Crippen molar-refractivity contribution in [3.8, 4) is 5.75 Å². The van der Waals surface area contributed by atoms with Gasteiger partial charge >= 0.3 is 0 Å². The number of para-hydroxylation sites is 1. The van der Waals surface area contributed by atoms with E-state index < -0.39 is 0 Å². The molecule has 3 aliphatic rings. The molecule has 0 heterocycles. The van der Waals surface area contributed by atoms with Gasteiger partial charge in [0, 0.05) is 5.92 Å². The predicted octanol–water partition coefficient (Wildman–Crippen LogP) is 4.02. The molecular weight excluding hydrogens is 208 g/mol. The van der Waals surface area contributed by atoms with Crippen molar-refractivity contribution >= 4 is 0 Å². The van der Waals surface area contributed by atoms with Crippen molar-refractivity contribution in [3.63, 3.8) is 0 Å². The smallest absolute Gasteiger partial charge is 0.126 e. The molecule has 88 valence electrons. The number of hydrogen-bond acceptors (Lipinski definition) is 1. The summed E-state index contributed by atoms with van der Waals surface area (Å²) in [5.74, 6) is 5.75. The van der Waals surface area contributed by atoms with Crippen LogP contribution in [-0.2, 0) is 0 Å². The van der Waals surface area contributed by atoms with Crippen molar-refractivity contribution in [2.45, 2.75) is 25.7 Å². The first-order valence-electron chi connectivity index (χ1n) is 6.86. The molecule has 1 nitrogen and oxygen atoms in total. The van der Waals surface area contributed by atoms with Crippen LogP contribution in [0.25, 0.3) is 0 Å². The number of fused-ring (bicyclic) bond motifs is 5. The lowest BCUT2D eigenvalue weighted by Crippen LogP contribution is -2.19. The van der Waals surface area contributed by atoms with Crippen LogP contribution in [0.4, 0.5) is 0 Å². The topological polar surface area (TPSA) is 9.23 Å². The summed E-state index contributed by atoms with van der Waals surface area (Å²) in [7, 11) is 0. The van der Waals surface area contributed by atoms with Gasteiger partial charge in [0.2, 0.25) is 0 Å². The molecule has 4 atom stereocenters. The number of benzene rings is 1. The van der Waals surface area contributed by atoms with Crippen LogP contribution in [0, 0.1) is 23.7 Å². The molecule has 1 aromatic rings. The van der Waals surface area contributed by atoms with Crippen LogP contribution in [0.15, 0.2) is 42.2 Å². The fourth-order valence-electron chi connectivity index (χ4n) is 4.28. The zero-order valence-corrected chi connectivity index (χ0v) is 10.0. The quantitative estimate of drug-likeness (QED) is 0.740. The number of hydrogen-bond donors (Lipinski definition) is 0. The largest absolute Gasteiger partial charge is 0.462 e. The van der Waals surface area contributed by atoms with Crippen molar-refractivity contribution in [1.29, 1.82) is 0 Å². The molecule has 1 aromatic carbocycles. The second-order valence-electron chi connectivity index (χ2n) is 5.75. The van der Waals surface area contributed by atoms with Crippen molar-refractivity contribution in [2.24, 2.45) is 23.7 Å².